The smallest absolute Gasteiger partial charge is 0.201 e. The largest absolute Gasteiger partial charge is 0.392 e. The van der Waals surface area contributed by atoms with Crippen molar-refractivity contribution in [3.05, 3.63) is 87.9 Å². The summed E-state index contributed by atoms with van der Waals surface area (Å²) in [6.45, 7) is 4.76. The van der Waals surface area contributed by atoms with E-state index in [4.69, 9.17) is 0 Å². The van der Waals surface area contributed by atoms with Crippen LogP contribution < -0.4 is 4.90 Å². The molecular weight excluding hydrogens is 460 g/mol. The van der Waals surface area contributed by atoms with Crippen LogP contribution in [0.5, 0.6) is 0 Å². The highest BCUT2D eigenvalue weighted by Crippen LogP contribution is 2.66. The highest BCUT2D eigenvalue weighted by molar-refractivity contribution is 8.36. The van der Waals surface area contributed by atoms with Gasteiger partial charge in [0.15, 0.2) is 0 Å². The van der Waals surface area contributed by atoms with Crippen LogP contribution in [0.2, 0.25) is 0 Å². The number of anilines is 1. The summed E-state index contributed by atoms with van der Waals surface area (Å²) in [4.78, 5) is 5.49. The lowest BCUT2D eigenvalue weighted by molar-refractivity contribution is -0.582. The number of nitrogens with zero attached hydrogens (tertiary/aromatic N) is 2. The van der Waals surface area contributed by atoms with Gasteiger partial charge in [0.1, 0.15) is 13.1 Å². The van der Waals surface area contributed by atoms with Crippen molar-refractivity contribution in [1.29, 1.82) is 0 Å². The molecule has 1 N–H and O–H groups in total. The zero-order valence-electron chi connectivity index (χ0n) is 20.4. The number of hydrogen-bond donors (Lipinski definition) is 1. The number of halogens is 1. The predicted octanol–water partition coefficient (Wildman–Crippen LogP) is 5.79. The first-order valence-electron chi connectivity index (χ1n) is 12.0. The van der Waals surface area contributed by atoms with Crippen LogP contribution in [-0.2, 0) is 6.61 Å². The molecule has 3 aliphatic heterocycles. The summed E-state index contributed by atoms with van der Waals surface area (Å²) in [6.07, 6.45) is 16.2. The number of aliphatic hydroxyl groups is 1. The SMILES string of the molecule is CCl.CS1(C)C2=CC(=[N+]3CCC3)C=CC2=C(c2ccc(CO)cc2)c2ccc(N3CCC3)cc21. The van der Waals surface area contributed by atoms with Crippen LogP contribution >= 0.6 is 21.6 Å². The molecule has 1 aliphatic carbocycles. The Labute approximate surface area is 210 Å². The number of rotatable bonds is 3. The zero-order chi connectivity index (χ0) is 23.9. The van der Waals surface area contributed by atoms with Crippen molar-refractivity contribution in [2.45, 2.75) is 24.3 Å². The highest BCUT2D eigenvalue weighted by atomic mass is 35.5. The quantitative estimate of drug-likeness (QED) is 0.432. The maximum absolute atomic E-state index is 9.53. The molecule has 3 heterocycles. The van der Waals surface area contributed by atoms with Gasteiger partial charge in [0.2, 0.25) is 5.71 Å². The van der Waals surface area contributed by atoms with E-state index in [2.05, 4.69) is 94.3 Å². The van der Waals surface area contributed by atoms with E-state index in [1.807, 2.05) is 0 Å². The number of alkyl halides is 1. The molecule has 0 spiro atoms. The van der Waals surface area contributed by atoms with Gasteiger partial charge in [-0.15, -0.1) is 11.6 Å². The third kappa shape index (κ3) is 3.86. The average Bonchev–Trinajstić information content (AvgIpc) is 2.79. The number of aliphatic hydroxyl groups excluding tert-OH is 1. The Kier molecular flexibility index (Phi) is 6.49. The van der Waals surface area contributed by atoms with Crippen LogP contribution in [0, 0.1) is 0 Å². The maximum atomic E-state index is 9.53. The molecule has 0 radical (unpaired) electrons. The minimum atomic E-state index is -1.15. The van der Waals surface area contributed by atoms with Crippen molar-refractivity contribution in [3.63, 3.8) is 0 Å². The molecule has 0 aromatic heterocycles. The van der Waals surface area contributed by atoms with Crippen molar-refractivity contribution >= 4 is 38.6 Å². The molecule has 2 fully saturated rings. The molecule has 2 aromatic carbocycles. The first-order chi connectivity index (χ1) is 16.6. The third-order valence-corrected chi connectivity index (χ3v) is 10.3. The normalized spacial score (nSPS) is 20.9. The fourth-order valence-electron chi connectivity index (χ4n) is 5.17. The highest BCUT2D eigenvalue weighted by Gasteiger charge is 2.37. The summed E-state index contributed by atoms with van der Waals surface area (Å²) in [6, 6.07) is 15.6. The fraction of sp³-hybridized carbons (Fsp3) is 0.345. The summed E-state index contributed by atoms with van der Waals surface area (Å²) < 4.78 is 2.50. The maximum Gasteiger partial charge on any atom is 0.201 e. The van der Waals surface area contributed by atoms with Crippen LogP contribution in [0.25, 0.3) is 5.57 Å². The second kappa shape index (κ2) is 9.41. The first kappa shape index (κ1) is 23.5. The molecular formula is C29H34ClN2OS+. The van der Waals surface area contributed by atoms with Gasteiger partial charge in [-0.1, -0.05) is 30.3 Å². The number of allylic oxidation sites excluding steroid dienone is 4. The van der Waals surface area contributed by atoms with Gasteiger partial charge in [0, 0.05) is 47.1 Å². The predicted molar refractivity (Wildman–Crippen MR) is 148 cm³/mol. The van der Waals surface area contributed by atoms with Gasteiger partial charge in [-0.05, 0) is 65.0 Å². The van der Waals surface area contributed by atoms with Gasteiger partial charge < -0.3 is 10.0 Å². The second-order valence-electron chi connectivity index (χ2n) is 9.60. The van der Waals surface area contributed by atoms with E-state index >= 15 is 0 Å². The Balaban J connectivity index is 0.00000117. The molecule has 6 rings (SSSR count). The minimum absolute atomic E-state index is 0.0817. The molecule has 3 nitrogen and oxygen atoms in total. The van der Waals surface area contributed by atoms with Crippen LogP contribution in [-0.4, -0.2) is 60.5 Å². The fourth-order valence-corrected chi connectivity index (χ4v) is 7.68. The third-order valence-electron chi connectivity index (χ3n) is 7.44. The van der Waals surface area contributed by atoms with E-state index in [-0.39, 0.29) is 6.61 Å². The van der Waals surface area contributed by atoms with E-state index in [0.717, 1.165) is 5.56 Å². The molecule has 5 heteroatoms. The van der Waals surface area contributed by atoms with E-state index in [1.165, 1.54) is 88.9 Å². The Hall–Kier alpha value is -2.27. The number of hydrogen-bond acceptors (Lipinski definition) is 2. The standard InChI is InChI=1S/C28H31N2OS.CH3Cl/c1-32(2)26-17-22(29-13-3-14-29)9-11-24(26)28(21-7-5-20(19-31)6-8-21)25-12-10-23(18-27(25)32)30-15-4-16-30;1-2/h5-12,17-18,31H,3-4,13-16,19H2,1-2H3;1H3/q+1;. The Morgan fingerprint density at radius 1 is 0.971 bits per heavy atom. The van der Waals surface area contributed by atoms with Crippen molar-refractivity contribution in [2.75, 3.05) is 50.0 Å². The number of benzene rings is 2. The summed E-state index contributed by atoms with van der Waals surface area (Å²) >= 11 is 4.64. The molecule has 34 heavy (non-hydrogen) atoms. The summed E-state index contributed by atoms with van der Waals surface area (Å²) in [5.41, 5.74) is 8.99. The van der Waals surface area contributed by atoms with Crippen LogP contribution in [0.15, 0.2) is 76.1 Å². The molecule has 0 amide bonds. The molecule has 0 atom stereocenters. The molecule has 2 saturated heterocycles. The Morgan fingerprint density at radius 2 is 1.71 bits per heavy atom. The van der Waals surface area contributed by atoms with Crippen LogP contribution in [0.3, 0.4) is 0 Å². The van der Waals surface area contributed by atoms with Gasteiger partial charge in [0.25, 0.3) is 0 Å². The van der Waals surface area contributed by atoms with E-state index < -0.39 is 10.0 Å². The van der Waals surface area contributed by atoms with Gasteiger partial charge in [0.05, 0.1) is 13.0 Å². The van der Waals surface area contributed by atoms with Gasteiger partial charge >= 0.3 is 0 Å². The van der Waals surface area contributed by atoms with Gasteiger partial charge in [-0.3, -0.25) is 0 Å². The summed E-state index contributed by atoms with van der Waals surface area (Å²) in [5, 5.41) is 9.53. The molecule has 178 valence electrons. The van der Waals surface area contributed by atoms with Crippen LogP contribution in [0.1, 0.15) is 29.5 Å². The first-order valence-corrected chi connectivity index (χ1v) is 15.2. The molecule has 2 aromatic rings. The lowest BCUT2D eigenvalue weighted by Crippen LogP contribution is -2.37. The average molecular weight is 494 g/mol. The summed E-state index contributed by atoms with van der Waals surface area (Å²) in [5.74, 6) is 0. The molecule has 0 bridgehead atoms. The van der Waals surface area contributed by atoms with Crippen molar-refractivity contribution in [1.82, 2.24) is 0 Å². The lowest BCUT2D eigenvalue weighted by Gasteiger charge is -2.44. The van der Waals surface area contributed by atoms with E-state index in [9.17, 15) is 5.11 Å². The van der Waals surface area contributed by atoms with Gasteiger partial charge in [-0.25, -0.2) is 4.58 Å². The summed E-state index contributed by atoms with van der Waals surface area (Å²) in [7, 11) is -1.15. The molecule has 0 saturated carbocycles. The van der Waals surface area contributed by atoms with E-state index in [0.29, 0.717) is 0 Å². The Morgan fingerprint density at radius 3 is 2.29 bits per heavy atom. The topological polar surface area (TPSA) is 26.5 Å². The van der Waals surface area contributed by atoms with Crippen LogP contribution in [0.4, 0.5) is 5.69 Å². The zero-order valence-corrected chi connectivity index (χ0v) is 21.9. The second-order valence-corrected chi connectivity index (χ2v) is 13.1. The van der Waals surface area contributed by atoms with Crippen molar-refractivity contribution < 1.29 is 9.68 Å². The molecule has 0 unspecified atom stereocenters. The minimum Gasteiger partial charge on any atom is -0.392 e. The van der Waals surface area contributed by atoms with Crippen molar-refractivity contribution in [2.24, 2.45) is 0 Å². The monoisotopic (exact) mass is 493 g/mol. The molecule has 4 aliphatic rings. The van der Waals surface area contributed by atoms with E-state index in [1.54, 1.807) is 0 Å². The van der Waals surface area contributed by atoms with Crippen molar-refractivity contribution in [3.8, 4) is 0 Å². The number of fused-ring (bicyclic) bond motifs is 2. The Bertz CT molecular complexity index is 1230. The van der Waals surface area contributed by atoms with Gasteiger partial charge in [-0.2, -0.15) is 10.0 Å². The lowest BCUT2D eigenvalue weighted by atomic mass is 9.89.